The Morgan fingerprint density at radius 3 is 2.83 bits per heavy atom. The van der Waals surface area contributed by atoms with Crippen LogP contribution in [-0.4, -0.2) is 27.2 Å². The molecule has 1 heterocycles. The number of H-pyrrole nitrogens is 1. The summed E-state index contributed by atoms with van der Waals surface area (Å²) < 4.78 is 12.9. The van der Waals surface area contributed by atoms with Gasteiger partial charge in [0.25, 0.3) is 0 Å². The van der Waals surface area contributed by atoms with Crippen molar-refractivity contribution in [2.75, 3.05) is 5.75 Å². The van der Waals surface area contributed by atoms with Crippen molar-refractivity contribution >= 4 is 17.7 Å². The molecule has 0 radical (unpaired) electrons. The van der Waals surface area contributed by atoms with Gasteiger partial charge in [0.2, 0.25) is 5.91 Å². The van der Waals surface area contributed by atoms with Crippen LogP contribution in [0.2, 0.25) is 0 Å². The van der Waals surface area contributed by atoms with Crippen molar-refractivity contribution in [2.45, 2.75) is 30.5 Å². The van der Waals surface area contributed by atoms with Gasteiger partial charge in [0.15, 0.2) is 5.16 Å². The number of imidazole rings is 1. The van der Waals surface area contributed by atoms with E-state index in [0.717, 1.165) is 24.1 Å². The fraction of sp³-hybridized carbons (Fsp3) is 0.353. The zero-order valence-corrected chi connectivity index (χ0v) is 14.0. The van der Waals surface area contributed by atoms with Gasteiger partial charge >= 0.3 is 0 Å². The molecule has 2 aromatic rings. The number of thioether (sulfide) groups is 1. The van der Waals surface area contributed by atoms with Gasteiger partial charge in [-0.2, -0.15) is 5.26 Å². The van der Waals surface area contributed by atoms with Crippen LogP contribution in [0.15, 0.2) is 35.6 Å². The average Bonchev–Trinajstić information content (AvgIpc) is 3.33. The molecule has 0 aliphatic heterocycles. The summed E-state index contributed by atoms with van der Waals surface area (Å²) in [6, 6.07) is 8.31. The largest absolute Gasteiger partial charge is 0.337 e. The first kappa shape index (κ1) is 16.5. The minimum Gasteiger partial charge on any atom is -0.337 e. The van der Waals surface area contributed by atoms with Gasteiger partial charge in [0, 0.05) is 0 Å². The second kappa shape index (κ2) is 6.65. The fourth-order valence-corrected chi connectivity index (χ4v) is 3.14. The molecule has 1 atom stereocenters. The average molecular weight is 344 g/mol. The van der Waals surface area contributed by atoms with E-state index in [-0.39, 0.29) is 23.4 Å². The van der Waals surface area contributed by atoms with Crippen LogP contribution in [0.1, 0.15) is 19.8 Å². The molecule has 1 aromatic carbocycles. The molecule has 1 saturated carbocycles. The van der Waals surface area contributed by atoms with Crippen molar-refractivity contribution in [2.24, 2.45) is 5.92 Å². The molecule has 1 aliphatic rings. The molecule has 5 nitrogen and oxygen atoms in total. The van der Waals surface area contributed by atoms with Crippen LogP contribution in [0.3, 0.4) is 0 Å². The molecule has 124 valence electrons. The molecule has 0 spiro atoms. The first-order chi connectivity index (χ1) is 11.5. The summed E-state index contributed by atoms with van der Waals surface area (Å²) >= 11 is 1.27. The van der Waals surface area contributed by atoms with Crippen LogP contribution in [0, 0.1) is 23.1 Å². The molecule has 7 heteroatoms. The number of aromatic amines is 1. The Kier molecular flexibility index (Phi) is 4.58. The number of nitrogens with zero attached hydrogens (tertiary/aromatic N) is 2. The normalized spacial score (nSPS) is 16.2. The Morgan fingerprint density at radius 1 is 1.50 bits per heavy atom. The summed E-state index contributed by atoms with van der Waals surface area (Å²) in [6.45, 7) is 1.77. The number of nitrogens with one attached hydrogen (secondary N) is 2. The Balaban J connectivity index is 1.56. The molecular weight excluding hydrogens is 327 g/mol. The number of rotatable bonds is 6. The smallest absolute Gasteiger partial charge is 0.231 e. The summed E-state index contributed by atoms with van der Waals surface area (Å²) in [5.41, 5.74) is 0.809. The third kappa shape index (κ3) is 3.77. The maximum absolute atomic E-state index is 12.9. The molecule has 1 amide bonds. The van der Waals surface area contributed by atoms with Crippen molar-refractivity contribution in [1.29, 1.82) is 5.26 Å². The van der Waals surface area contributed by atoms with E-state index in [0.29, 0.717) is 5.16 Å². The molecule has 0 saturated heterocycles. The molecule has 0 bridgehead atoms. The van der Waals surface area contributed by atoms with E-state index >= 15 is 0 Å². The second-order valence-electron chi connectivity index (χ2n) is 6.03. The van der Waals surface area contributed by atoms with E-state index in [2.05, 4.69) is 21.4 Å². The summed E-state index contributed by atoms with van der Waals surface area (Å²) in [4.78, 5) is 19.4. The predicted octanol–water partition coefficient (Wildman–Crippen LogP) is 3.12. The van der Waals surface area contributed by atoms with Gasteiger partial charge in [-0.3, -0.25) is 4.79 Å². The lowest BCUT2D eigenvalue weighted by Gasteiger charge is -2.22. The minimum absolute atomic E-state index is 0.181. The number of halogens is 1. The first-order valence-corrected chi connectivity index (χ1v) is 8.65. The Morgan fingerprint density at radius 2 is 2.21 bits per heavy atom. The quantitative estimate of drug-likeness (QED) is 0.789. The zero-order chi connectivity index (χ0) is 17.2. The third-order valence-electron chi connectivity index (χ3n) is 4.07. The third-order valence-corrected chi connectivity index (χ3v) is 4.96. The van der Waals surface area contributed by atoms with E-state index in [9.17, 15) is 14.4 Å². The second-order valence-corrected chi connectivity index (χ2v) is 7.00. The SMILES string of the molecule is C[C@@](C#N)(NC(=O)CSc1ncc(-c2ccc(F)cc2)[nH]1)C1CC1. The number of carbonyl (C=O) groups is 1. The van der Waals surface area contributed by atoms with Crippen molar-refractivity contribution in [3.05, 3.63) is 36.3 Å². The molecule has 2 N–H and O–H groups in total. The number of hydrogen-bond donors (Lipinski definition) is 2. The van der Waals surface area contributed by atoms with Gasteiger partial charge in [-0.25, -0.2) is 9.37 Å². The van der Waals surface area contributed by atoms with Crippen molar-refractivity contribution < 1.29 is 9.18 Å². The molecule has 0 unspecified atom stereocenters. The Hall–Kier alpha value is -2.33. The van der Waals surface area contributed by atoms with E-state index < -0.39 is 5.54 Å². The van der Waals surface area contributed by atoms with Gasteiger partial charge in [-0.1, -0.05) is 11.8 Å². The van der Waals surface area contributed by atoms with Crippen LogP contribution >= 0.6 is 11.8 Å². The molecule has 24 heavy (non-hydrogen) atoms. The topological polar surface area (TPSA) is 81.6 Å². The number of aromatic nitrogens is 2. The molecule has 1 aliphatic carbocycles. The van der Waals surface area contributed by atoms with Gasteiger partial charge in [-0.15, -0.1) is 0 Å². The van der Waals surface area contributed by atoms with Gasteiger partial charge < -0.3 is 10.3 Å². The highest BCUT2D eigenvalue weighted by atomic mass is 32.2. The van der Waals surface area contributed by atoms with E-state index in [1.807, 2.05) is 0 Å². The summed E-state index contributed by atoms with van der Waals surface area (Å²) in [7, 11) is 0. The standard InChI is InChI=1S/C17H17FN4OS/c1-17(10-19,12-4-5-12)22-15(23)9-24-16-20-8-14(21-16)11-2-6-13(18)7-3-11/h2-3,6-8,12H,4-5,9H2,1H3,(H,20,21)(H,22,23)/t17-/m0/s1. The molecule has 1 aromatic heterocycles. The zero-order valence-electron chi connectivity index (χ0n) is 13.2. The maximum atomic E-state index is 12.9. The Labute approximate surface area is 143 Å². The van der Waals surface area contributed by atoms with Crippen LogP contribution in [0.25, 0.3) is 11.3 Å². The van der Waals surface area contributed by atoms with Gasteiger partial charge in [0.1, 0.15) is 11.4 Å². The lowest BCUT2D eigenvalue weighted by molar-refractivity contribution is -0.119. The lowest BCUT2D eigenvalue weighted by atomic mass is 9.98. The minimum atomic E-state index is -0.778. The Bertz CT molecular complexity index is 779. The van der Waals surface area contributed by atoms with Crippen molar-refractivity contribution in [1.82, 2.24) is 15.3 Å². The van der Waals surface area contributed by atoms with E-state index in [4.69, 9.17) is 0 Å². The number of nitriles is 1. The number of carbonyl (C=O) groups excluding carboxylic acids is 1. The van der Waals surface area contributed by atoms with Crippen molar-refractivity contribution in [3.8, 4) is 17.3 Å². The molecule has 3 rings (SSSR count). The van der Waals surface area contributed by atoms with E-state index in [1.165, 1.54) is 23.9 Å². The highest BCUT2D eigenvalue weighted by Crippen LogP contribution is 2.39. The number of hydrogen-bond acceptors (Lipinski definition) is 4. The van der Waals surface area contributed by atoms with E-state index in [1.54, 1.807) is 25.3 Å². The summed E-state index contributed by atoms with van der Waals surface area (Å²) in [5.74, 6) is -0.0399. The predicted molar refractivity (Wildman–Crippen MR) is 89.6 cm³/mol. The number of benzene rings is 1. The van der Waals surface area contributed by atoms with Crippen LogP contribution in [0.5, 0.6) is 0 Å². The number of amides is 1. The lowest BCUT2D eigenvalue weighted by Crippen LogP contribution is -2.47. The maximum Gasteiger partial charge on any atom is 0.231 e. The first-order valence-electron chi connectivity index (χ1n) is 7.66. The summed E-state index contributed by atoms with van der Waals surface area (Å²) in [5, 5.41) is 12.7. The van der Waals surface area contributed by atoms with Crippen LogP contribution < -0.4 is 5.32 Å². The highest BCUT2D eigenvalue weighted by molar-refractivity contribution is 7.99. The van der Waals surface area contributed by atoms with Crippen LogP contribution in [0.4, 0.5) is 4.39 Å². The monoisotopic (exact) mass is 344 g/mol. The van der Waals surface area contributed by atoms with Crippen LogP contribution in [-0.2, 0) is 4.79 Å². The summed E-state index contributed by atoms with van der Waals surface area (Å²) in [6.07, 6.45) is 3.62. The fourth-order valence-electron chi connectivity index (χ4n) is 2.49. The molecular formula is C17H17FN4OS. The van der Waals surface area contributed by atoms with Crippen molar-refractivity contribution in [3.63, 3.8) is 0 Å². The molecule has 1 fully saturated rings. The highest BCUT2D eigenvalue weighted by Gasteiger charge is 2.42. The van der Waals surface area contributed by atoms with Gasteiger partial charge in [0.05, 0.1) is 23.7 Å². The van der Waals surface area contributed by atoms with Gasteiger partial charge in [-0.05, 0) is 55.5 Å².